The molecule has 2 N–H and O–H groups in total. The maximum atomic E-state index is 9.05. The smallest absolute Gasteiger partial charge is 0.159 e. The predicted molar refractivity (Wildman–Crippen MR) is 73.9 cm³/mol. The van der Waals surface area contributed by atoms with E-state index in [9.17, 15) is 0 Å². The first-order valence-corrected chi connectivity index (χ1v) is 7.00. The highest BCUT2D eigenvalue weighted by Crippen LogP contribution is 2.19. The van der Waals surface area contributed by atoms with Gasteiger partial charge in [0.05, 0.1) is 0 Å². The van der Waals surface area contributed by atoms with Crippen LogP contribution in [0.2, 0.25) is 0 Å². The number of imidazole rings is 1. The third-order valence-electron chi connectivity index (χ3n) is 3.76. The SMILES string of the molecule is OCCCn1c(CC2CCNC2)nc2cccnc21. The molecule has 3 heterocycles. The number of pyridine rings is 1. The van der Waals surface area contributed by atoms with E-state index >= 15 is 0 Å². The number of aliphatic hydroxyl groups is 1. The molecule has 1 aliphatic heterocycles. The molecule has 0 radical (unpaired) electrons. The first-order valence-electron chi connectivity index (χ1n) is 7.00. The fourth-order valence-corrected chi connectivity index (χ4v) is 2.77. The van der Waals surface area contributed by atoms with Gasteiger partial charge in [-0.2, -0.15) is 0 Å². The fraction of sp³-hybridized carbons (Fsp3) is 0.571. The third kappa shape index (κ3) is 2.62. The standard InChI is InChI=1S/C14H20N4O/c19-8-2-7-18-13(9-11-4-6-15-10-11)17-12-3-1-5-16-14(12)18/h1,3,5,11,15,19H,2,4,6-10H2. The lowest BCUT2D eigenvalue weighted by Crippen LogP contribution is -2.14. The molecule has 1 saturated heterocycles. The van der Waals surface area contributed by atoms with Gasteiger partial charge in [-0.3, -0.25) is 0 Å². The first-order chi connectivity index (χ1) is 9.38. The van der Waals surface area contributed by atoms with E-state index in [0.717, 1.165) is 49.5 Å². The van der Waals surface area contributed by atoms with E-state index in [0.29, 0.717) is 5.92 Å². The molecule has 1 fully saturated rings. The van der Waals surface area contributed by atoms with Crippen molar-refractivity contribution in [2.24, 2.45) is 5.92 Å². The summed E-state index contributed by atoms with van der Waals surface area (Å²) in [6, 6.07) is 3.93. The molecule has 5 heteroatoms. The highest BCUT2D eigenvalue weighted by Gasteiger charge is 2.19. The number of aromatic nitrogens is 3. The molecule has 0 amide bonds. The van der Waals surface area contributed by atoms with Gasteiger partial charge in [-0.05, 0) is 44.0 Å². The quantitative estimate of drug-likeness (QED) is 0.840. The summed E-state index contributed by atoms with van der Waals surface area (Å²) >= 11 is 0. The van der Waals surface area contributed by atoms with Crippen LogP contribution in [0.1, 0.15) is 18.7 Å². The zero-order valence-electron chi connectivity index (χ0n) is 11.0. The Hall–Kier alpha value is -1.46. The number of nitrogens with one attached hydrogen (secondary N) is 1. The second-order valence-corrected chi connectivity index (χ2v) is 5.17. The number of aryl methyl sites for hydroxylation is 1. The Morgan fingerprint density at radius 2 is 2.42 bits per heavy atom. The van der Waals surface area contributed by atoms with E-state index in [1.807, 2.05) is 12.1 Å². The average molecular weight is 260 g/mol. The number of fused-ring (bicyclic) bond motifs is 1. The summed E-state index contributed by atoms with van der Waals surface area (Å²) in [7, 11) is 0. The summed E-state index contributed by atoms with van der Waals surface area (Å²) in [6.45, 7) is 3.19. The van der Waals surface area contributed by atoms with Crippen molar-refractivity contribution >= 4 is 11.2 Å². The number of hydrogen-bond donors (Lipinski definition) is 2. The summed E-state index contributed by atoms with van der Waals surface area (Å²) < 4.78 is 2.17. The second kappa shape index (κ2) is 5.67. The molecule has 1 aliphatic rings. The molecular formula is C14H20N4O. The van der Waals surface area contributed by atoms with Crippen LogP contribution >= 0.6 is 0 Å². The van der Waals surface area contributed by atoms with E-state index in [1.54, 1.807) is 6.20 Å². The Morgan fingerprint density at radius 1 is 1.47 bits per heavy atom. The maximum Gasteiger partial charge on any atom is 0.159 e. The first kappa shape index (κ1) is 12.6. The number of hydrogen-bond acceptors (Lipinski definition) is 4. The summed E-state index contributed by atoms with van der Waals surface area (Å²) in [5, 5.41) is 12.4. The van der Waals surface area contributed by atoms with Gasteiger partial charge in [0.1, 0.15) is 11.3 Å². The molecule has 0 bridgehead atoms. The molecule has 2 aromatic rings. The molecule has 0 spiro atoms. The van der Waals surface area contributed by atoms with Gasteiger partial charge in [-0.1, -0.05) is 0 Å². The zero-order chi connectivity index (χ0) is 13.1. The summed E-state index contributed by atoms with van der Waals surface area (Å²) in [6.07, 6.45) is 4.77. The fourth-order valence-electron chi connectivity index (χ4n) is 2.77. The minimum Gasteiger partial charge on any atom is -0.396 e. The van der Waals surface area contributed by atoms with Crippen LogP contribution in [0.25, 0.3) is 11.2 Å². The topological polar surface area (TPSA) is 63.0 Å². The van der Waals surface area contributed by atoms with E-state index in [4.69, 9.17) is 10.1 Å². The van der Waals surface area contributed by atoms with Crippen LogP contribution in [0, 0.1) is 5.92 Å². The molecule has 1 atom stereocenters. The Labute approximate surface area is 112 Å². The second-order valence-electron chi connectivity index (χ2n) is 5.17. The summed E-state index contributed by atoms with van der Waals surface area (Å²) in [5.74, 6) is 1.78. The van der Waals surface area contributed by atoms with Crippen LogP contribution in [0.3, 0.4) is 0 Å². The van der Waals surface area contributed by atoms with Crippen molar-refractivity contribution in [2.75, 3.05) is 19.7 Å². The zero-order valence-corrected chi connectivity index (χ0v) is 11.0. The van der Waals surface area contributed by atoms with E-state index in [2.05, 4.69) is 14.9 Å². The van der Waals surface area contributed by atoms with Crippen molar-refractivity contribution < 1.29 is 5.11 Å². The predicted octanol–water partition coefficient (Wildman–Crippen LogP) is 0.966. The van der Waals surface area contributed by atoms with Gasteiger partial charge in [0.15, 0.2) is 5.65 Å². The van der Waals surface area contributed by atoms with Crippen LogP contribution in [0.15, 0.2) is 18.3 Å². The van der Waals surface area contributed by atoms with Crippen molar-refractivity contribution in [3.8, 4) is 0 Å². The Morgan fingerprint density at radius 3 is 3.21 bits per heavy atom. The van der Waals surface area contributed by atoms with Crippen molar-refractivity contribution in [3.05, 3.63) is 24.2 Å². The number of rotatable bonds is 5. The van der Waals surface area contributed by atoms with Crippen molar-refractivity contribution in [2.45, 2.75) is 25.8 Å². The van der Waals surface area contributed by atoms with Gasteiger partial charge in [0.2, 0.25) is 0 Å². The largest absolute Gasteiger partial charge is 0.396 e. The Bertz CT molecular complexity index is 545. The molecule has 0 saturated carbocycles. The molecule has 102 valence electrons. The molecule has 0 aliphatic carbocycles. The number of nitrogens with zero attached hydrogens (tertiary/aromatic N) is 3. The minimum absolute atomic E-state index is 0.205. The van der Waals surface area contributed by atoms with Crippen molar-refractivity contribution in [1.29, 1.82) is 0 Å². The van der Waals surface area contributed by atoms with E-state index in [1.165, 1.54) is 6.42 Å². The Kier molecular flexibility index (Phi) is 3.75. The van der Waals surface area contributed by atoms with Crippen LogP contribution in [-0.2, 0) is 13.0 Å². The van der Waals surface area contributed by atoms with Crippen LogP contribution in [0.4, 0.5) is 0 Å². The molecule has 19 heavy (non-hydrogen) atoms. The van der Waals surface area contributed by atoms with E-state index < -0.39 is 0 Å². The highest BCUT2D eigenvalue weighted by atomic mass is 16.3. The average Bonchev–Trinajstić information content (AvgIpc) is 3.04. The van der Waals surface area contributed by atoms with Gasteiger partial charge in [-0.25, -0.2) is 9.97 Å². The Balaban J connectivity index is 1.91. The van der Waals surface area contributed by atoms with Crippen molar-refractivity contribution in [3.63, 3.8) is 0 Å². The number of aliphatic hydroxyl groups excluding tert-OH is 1. The molecule has 3 rings (SSSR count). The van der Waals surface area contributed by atoms with Crippen LogP contribution in [0.5, 0.6) is 0 Å². The molecule has 5 nitrogen and oxygen atoms in total. The maximum absolute atomic E-state index is 9.05. The van der Waals surface area contributed by atoms with Gasteiger partial charge >= 0.3 is 0 Å². The third-order valence-corrected chi connectivity index (χ3v) is 3.76. The molecule has 0 aromatic carbocycles. The summed E-state index contributed by atoms with van der Waals surface area (Å²) in [5.41, 5.74) is 1.90. The minimum atomic E-state index is 0.205. The molecule has 2 aromatic heterocycles. The highest BCUT2D eigenvalue weighted by molar-refractivity contribution is 5.71. The molecular weight excluding hydrogens is 240 g/mol. The lowest BCUT2D eigenvalue weighted by atomic mass is 10.0. The van der Waals surface area contributed by atoms with E-state index in [-0.39, 0.29) is 6.61 Å². The molecule has 1 unspecified atom stereocenters. The van der Waals surface area contributed by atoms with Crippen molar-refractivity contribution in [1.82, 2.24) is 19.9 Å². The van der Waals surface area contributed by atoms with Gasteiger partial charge < -0.3 is 15.0 Å². The normalized spacial score (nSPS) is 19.3. The van der Waals surface area contributed by atoms with Gasteiger partial charge in [-0.15, -0.1) is 0 Å². The van der Waals surface area contributed by atoms with Gasteiger partial charge in [0.25, 0.3) is 0 Å². The monoisotopic (exact) mass is 260 g/mol. The summed E-state index contributed by atoms with van der Waals surface area (Å²) in [4.78, 5) is 9.15. The lowest BCUT2D eigenvalue weighted by molar-refractivity contribution is 0.279. The van der Waals surface area contributed by atoms with Gasteiger partial charge in [0, 0.05) is 25.8 Å². The van der Waals surface area contributed by atoms with Crippen LogP contribution in [-0.4, -0.2) is 39.3 Å². The lowest BCUT2D eigenvalue weighted by Gasteiger charge is -2.11. The van der Waals surface area contributed by atoms with Crippen LogP contribution < -0.4 is 5.32 Å².